The smallest absolute Gasteiger partial charge is 0.223 e. The van der Waals surface area contributed by atoms with Gasteiger partial charge in [-0.15, -0.1) is 11.8 Å². The van der Waals surface area contributed by atoms with Gasteiger partial charge in [-0.05, 0) is 34.5 Å². The summed E-state index contributed by atoms with van der Waals surface area (Å²) in [5, 5.41) is 3.04. The molecule has 4 rings (SSSR count). The van der Waals surface area contributed by atoms with Crippen molar-refractivity contribution in [3.63, 3.8) is 0 Å². The molecule has 1 atom stereocenters. The summed E-state index contributed by atoms with van der Waals surface area (Å²) in [5.74, 6) is 2.26. The second-order valence-electron chi connectivity index (χ2n) is 5.00. The molecule has 2 aliphatic heterocycles. The van der Waals surface area contributed by atoms with Gasteiger partial charge in [-0.2, -0.15) is 4.98 Å². The first kappa shape index (κ1) is 13.3. The second-order valence-corrected chi connectivity index (χ2v) is 7.00. The Morgan fingerprint density at radius 1 is 1.43 bits per heavy atom. The Kier molecular flexibility index (Phi) is 3.24. The van der Waals surface area contributed by atoms with Gasteiger partial charge in [0.25, 0.3) is 0 Å². The van der Waals surface area contributed by atoms with Gasteiger partial charge in [0.15, 0.2) is 5.82 Å². The van der Waals surface area contributed by atoms with E-state index in [4.69, 9.17) is 5.73 Å². The van der Waals surface area contributed by atoms with Crippen LogP contribution in [0.3, 0.4) is 0 Å². The predicted molar refractivity (Wildman–Crippen MR) is 85.8 cm³/mol. The summed E-state index contributed by atoms with van der Waals surface area (Å²) in [6.07, 6.45) is 2.87. The molecule has 1 unspecified atom stereocenters. The van der Waals surface area contributed by atoms with Gasteiger partial charge < -0.3 is 5.73 Å². The lowest BCUT2D eigenvalue weighted by Crippen LogP contribution is -2.34. The maximum absolute atomic E-state index is 5.84. The first-order valence-electron chi connectivity index (χ1n) is 6.65. The Labute approximate surface area is 134 Å². The van der Waals surface area contributed by atoms with Crippen LogP contribution < -0.4 is 16.2 Å². The normalized spacial score (nSPS) is 19.7. The third-order valence-corrected chi connectivity index (χ3v) is 5.07. The number of rotatable bonds is 2. The molecule has 0 amide bonds. The van der Waals surface area contributed by atoms with Crippen molar-refractivity contribution in [2.24, 2.45) is 0 Å². The van der Waals surface area contributed by atoms with E-state index in [-0.39, 0.29) is 6.04 Å². The Morgan fingerprint density at radius 3 is 3.14 bits per heavy atom. The number of hydrogen-bond acceptors (Lipinski definition) is 7. The third-order valence-electron chi connectivity index (χ3n) is 3.58. The summed E-state index contributed by atoms with van der Waals surface area (Å²) >= 11 is 5.15. The first-order valence-corrected chi connectivity index (χ1v) is 8.43. The van der Waals surface area contributed by atoms with E-state index in [2.05, 4.69) is 36.3 Å². The molecule has 8 heteroatoms. The molecule has 0 aromatic carbocycles. The minimum absolute atomic E-state index is 0.285. The molecule has 0 radical (unpaired) electrons. The summed E-state index contributed by atoms with van der Waals surface area (Å²) in [5.41, 5.74) is 11.5. The van der Waals surface area contributed by atoms with Crippen LogP contribution in [0, 0.1) is 0 Å². The maximum Gasteiger partial charge on any atom is 0.223 e. The molecule has 0 fully saturated rings. The minimum atomic E-state index is 0.285. The van der Waals surface area contributed by atoms with Crippen molar-refractivity contribution < 1.29 is 0 Å². The number of thioether (sulfide) groups is 1. The number of aromatic nitrogens is 3. The fourth-order valence-corrected chi connectivity index (χ4v) is 3.98. The monoisotopic (exact) mass is 364 g/mol. The minimum Gasteiger partial charge on any atom is -0.368 e. The van der Waals surface area contributed by atoms with Crippen LogP contribution in [0.25, 0.3) is 0 Å². The van der Waals surface area contributed by atoms with Crippen molar-refractivity contribution in [2.75, 3.05) is 16.5 Å². The quantitative estimate of drug-likeness (QED) is 0.791. The molecule has 21 heavy (non-hydrogen) atoms. The summed E-state index contributed by atoms with van der Waals surface area (Å²) in [7, 11) is 0. The van der Waals surface area contributed by atoms with E-state index in [0.717, 1.165) is 33.2 Å². The Morgan fingerprint density at radius 2 is 2.33 bits per heavy atom. The molecule has 2 aromatic rings. The van der Waals surface area contributed by atoms with Gasteiger partial charge in [0.2, 0.25) is 5.95 Å². The van der Waals surface area contributed by atoms with Gasteiger partial charge in [-0.3, -0.25) is 9.99 Å². The molecule has 0 aliphatic carbocycles. The summed E-state index contributed by atoms with van der Waals surface area (Å²) in [6, 6.07) is 4.27. The fourth-order valence-electron chi connectivity index (χ4n) is 2.65. The molecule has 0 bridgehead atoms. The lowest BCUT2D eigenvalue weighted by molar-refractivity contribution is 0.520. The number of halogens is 1. The lowest BCUT2D eigenvalue weighted by atomic mass is 10.1. The van der Waals surface area contributed by atoms with E-state index in [1.165, 1.54) is 5.56 Å². The molecule has 108 valence electrons. The highest BCUT2D eigenvalue weighted by Crippen LogP contribution is 2.44. The number of hydrazine groups is 1. The van der Waals surface area contributed by atoms with Gasteiger partial charge >= 0.3 is 0 Å². The molecule has 6 nitrogen and oxygen atoms in total. The van der Waals surface area contributed by atoms with Crippen LogP contribution >= 0.6 is 27.7 Å². The van der Waals surface area contributed by atoms with Crippen LogP contribution in [0.15, 0.2) is 27.8 Å². The Hall–Kier alpha value is -1.38. The first-order chi connectivity index (χ1) is 10.2. The summed E-state index contributed by atoms with van der Waals surface area (Å²) in [4.78, 5) is 13.2. The molecule has 0 saturated heterocycles. The SMILES string of the molecule is Nc1nc2c3c(n1)N(Cc1ccc(Br)cn1)NC3CCS2. The molecule has 2 aromatic heterocycles. The van der Waals surface area contributed by atoms with Crippen LogP contribution in [0.1, 0.15) is 23.7 Å². The van der Waals surface area contributed by atoms with E-state index < -0.39 is 0 Å². The van der Waals surface area contributed by atoms with Crippen molar-refractivity contribution in [3.05, 3.63) is 34.1 Å². The largest absolute Gasteiger partial charge is 0.368 e. The van der Waals surface area contributed by atoms with Gasteiger partial charge in [-0.1, -0.05) is 0 Å². The highest BCUT2D eigenvalue weighted by molar-refractivity contribution is 9.10. The average Bonchev–Trinajstić information content (AvgIpc) is 2.81. The van der Waals surface area contributed by atoms with Crippen molar-refractivity contribution in [2.45, 2.75) is 24.0 Å². The van der Waals surface area contributed by atoms with Crippen LogP contribution in [0.4, 0.5) is 11.8 Å². The Balaban J connectivity index is 1.69. The summed E-state index contributed by atoms with van der Waals surface area (Å²) < 4.78 is 0.974. The maximum atomic E-state index is 5.84. The molecule has 4 heterocycles. The molecular formula is C13H13BrN6S. The highest BCUT2D eigenvalue weighted by Gasteiger charge is 2.36. The van der Waals surface area contributed by atoms with E-state index in [0.29, 0.717) is 12.5 Å². The van der Waals surface area contributed by atoms with E-state index >= 15 is 0 Å². The van der Waals surface area contributed by atoms with Crippen molar-refractivity contribution >= 4 is 39.5 Å². The van der Waals surface area contributed by atoms with Crippen LogP contribution in [0.2, 0.25) is 0 Å². The predicted octanol–water partition coefficient (Wildman–Crippen LogP) is 2.28. The van der Waals surface area contributed by atoms with Gasteiger partial charge in [0.1, 0.15) is 5.03 Å². The summed E-state index contributed by atoms with van der Waals surface area (Å²) in [6.45, 7) is 0.650. The van der Waals surface area contributed by atoms with E-state index in [1.807, 2.05) is 17.1 Å². The second kappa shape index (κ2) is 5.11. The zero-order chi connectivity index (χ0) is 14.4. The van der Waals surface area contributed by atoms with Crippen LogP contribution in [-0.2, 0) is 6.54 Å². The van der Waals surface area contributed by atoms with Crippen molar-refractivity contribution in [3.8, 4) is 0 Å². The zero-order valence-electron chi connectivity index (χ0n) is 11.1. The molecule has 0 saturated carbocycles. The van der Waals surface area contributed by atoms with Gasteiger partial charge in [0.05, 0.1) is 18.3 Å². The standard InChI is InChI=1S/C13H13BrN6S/c14-7-1-2-8(16-5-7)6-20-11-10-9(19-20)3-4-21-12(10)18-13(15)17-11/h1-2,5,9,19H,3-4,6H2,(H2,15,17,18). The number of nitrogen functional groups attached to an aromatic ring is 1. The highest BCUT2D eigenvalue weighted by atomic mass is 79.9. The molecular weight excluding hydrogens is 352 g/mol. The number of nitrogens with two attached hydrogens (primary N) is 1. The average molecular weight is 365 g/mol. The van der Waals surface area contributed by atoms with Crippen molar-refractivity contribution in [1.82, 2.24) is 20.4 Å². The van der Waals surface area contributed by atoms with Gasteiger partial charge in [-0.25, -0.2) is 10.4 Å². The number of anilines is 2. The van der Waals surface area contributed by atoms with Crippen molar-refractivity contribution in [1.29, 1.82) is 0 Å². The number of pyridine rings is 1. The molecule has 0 spiro atoms. The lowest BCUT2D eigenvalue weighted by Gasteiger charge is -2.20. The molecule has 3 N–H and O–H groups in total. The topological polar surface area (TPSA) is 80.0 Å². The number of hydrogen-bond donors (Lipinski definition) is 2. The van der Waals surface area contributed by atoms with E-state index in [1.54, 1.807) is 18.0 Å². The number of nitrogens with one attached hydrogen (secondary N) is 1. The molecule has 2 aliphatic rings. The fraction of sp³-hybridized carbons (Fsp3) is 0.308. The van der Waals surface area contributed by atoms with Gasteiger partial charge in [0, 0.05) is 22.0 Å². The van der Waals surface area contributed by atoms with E-state index in [9.17, 15) is 0 Å². The van der Waals surface area contributed by atoms with Crippen LogP contribution in [0.5, 0.6) is 0 Å². The zero-order valence-corrected chi connectivity index (χ0v) is 13.5. The van der Waals surface area contributed by atoms with Crippen LogP contribution in [-0.4, -0.2) is 20.7 Å². The third kappa shape index (κ3) is 2.37. The number of nitrogens with zero attached hydrogens (tertiary/aromatic N) is 4. The Bertz CT molecular complexity index is 692.